The number of hydrogen-bond acceptors (Lipinski definition) is 3. The molecule has 0 aliphatic rings. The van der Waals surface area contributed by atoms with Gasteiger partial charge in [-0.25, -0.2) is 9.97 Å². The Morgan fingerprint density at radius 2 is 1.90 bits per heavy atom. The molecule has 0 amide bonds. The van der Waals surface area contributed by atoms with Crippen molar-refractivity contribution in [1.82, 2.24) is 9.97 Å². The first-order chi connectivity index (χ1) is 9.63. The Morgan fingerprint density at radius 1 is 1.10 bits per heavy atom. The highest BCUT2D eigenvalue weighted by Gasteiger charge is 2.09. The van der Waals surface area contributed by atoms with Gasteiger partial charge in [0.1, 0.15) is 11.6 Å². The monoisotopic (exact) mass is 269 g/mol. The van der Waals surface area contributed by atoms with E-state index < -0.39 is 0 Å². The summed E-state index contributed by atoms with van der Waals surface area (Å²) >= 11 is 0. The fourth-order valence-electron chi connectivity index (χ4n) is 2.09. The third-order valence-corrected chi connectivity index (χ3v) is 3.25. The van der Waals surface area contributed by atoms with Gasteiger partial charge in [0.15, 0.2) is 0 Å². The number of aromatic nitrogens is 2. The van der Waals surface area contributed by atoms with E-state index in [0.29, 0.717) is 5.92 Å². The molecule has 0 unspecified atom stereocenters. The van der Waals surface area contributed by atoms with E-state index in [2.05, 4.69) is 62.3 Å². The zero-order valence-electron chi connectivity index (χ0n) is 12.8. The quantitative estimate of drug-likeness (QED) is 0.881. The lowest BCUT2D eigenvalue weighted by Crippen LogP contribution is -2.05. The highest BCUT2D eigenvalue weighted by molar-refractivity contribution is 5.63. The summed E-state index contributed by atoms with van der Waals surface area (Å²) in [5, 5.41) is 3.29. The van der Waals surface area contributed by atoms with E-state index in [9.17, 15) is 0 Å². The summed E-state index contributed by atoms with van der Waals surface area (Å²) in [5.41, 5.74) is 3.49. The van der Waals surface area contributed by atoms with E-state index in [-0.39, 0.29) is 0 Å². The first kappa shape index (κ1) is 14.5. The van der Waals surface area contributed by atoms with E-state index in [4.69, 9.17) is 4.98 Å². The molecule has 0 aliphatic carbocycles. The number of nitrogens with zero attached hydrogens (tertiary/aromatic N) is 2. The second kappa shape index (κ2) is 6.51. The second-order valence-corrected chi connectivity index (χ2v) is 5.24. The van der Waals surface area contributed by atoms with Crippen molar-refractivity contribution < 1.29 is 0 Å². The van der Waals surface area contributed by atoms with E-state index in [1.807, 2.05) is 6.07 Å². The summed E-state index contributed by atoms with van der Waals surface area (Å²) in [6.45, 7) is 9.36. The van der Waals surface area contributed by atoms with Gasteiger partial charge in [0, 0.05) is 24.1 Å². The lowest BCUT2D eigenvalue weighted by atomic mass is 10.1. The number of rotatable bonds is 5. The van der Waals surface area contributed by atoms with Crippen LogP contribution in [0.4, 0.5) is 5.82 Å². The maximum atomic E-state index is 4.71. The lowest BCUT2D eigenvalue weighted by Gasteiger charge is -2.11. The molecule has 0 saturated carbocycles. The van der Waals surface area contributed by atoms with Crippen LogP contribution in [0.1, 0.15) is 45.0 Å². The van der Waals surface area contributed by atoms with Crippen molar-refractivity contribution in [2.75, 3.05) is 11.9 Å². The minimum Gasteiger partial charge on any atom is -0.370 e. The fourth-order valence-corrected chi connectivity index (χ4v) is 2.09. The smallest absolute Gasteiger partial charge is 0.133 e. The SMILES string of the molecule is CCNc1cc(-c2cccc(CC)c2)nc(C(C)C)n1. The number of anilines is 1. The first-order valence-electron chi connectivity index (χ1n) is 7.36. The van der Waals surface area contributed by atoms with Gasteiger partial charge in [-0.2, -0.15) is 0 Å². The molecule has 0 atom stereocenters. The molecular weight excluding hydrogens is 246 g/mol. The van der Waals surface area contributed by atoms with Gasteiger partial charge in [0.05, 0.1) is 5.69 Å². The third kappa shape index (κ3) is 3.35. The number of nitrogens with one attached hydrogen (secondary N) is 1. The topological polar surface area (TPSA) is 37.8 Å². The summed E-state index contributed by atoms with van der Waals surface area (Å²) in [6, 6.07) is 10.6. The Hall–Kier alpha value is -1.90. The Balaban J connectivity index is 2.48. The van der Waals surface area contributed by atoms with Gasteiger partial charge in [-0.15, -0.1) is 0 Å². The van der Waals surface area contributed by atoms with Gasteiger partial charge < -0.3 is 5.32 Å². The van der Waals surface area contributed by atoms with Crippen molar-refractivity contribution in [3.05, 3.63) is 41.7 Å². The average Bonchev–Trinajstić information content (AvgIpc) is 2.47. The van der Waals surface area contributed by atoms with Crippen LogP contribution in [-0.2, 0) is 6.42 Å². The molecule has 3 heteroatoms. The predicted molar refractivity (Wildman–Crippen MR) is 85.1 cm³/mol. The van der Waals surface area contributed by atoms with Gasteiger partial charge >= 0.3 is 0 Å². The summed E-state index contributed by atoms with van der Waals surface area (Å²) in [5.74, 6) is 2.12. The third-order valence-electron chi connectivity index (χ3n) is 3.25. The molecule has 106 valence electrons. The first-order valence-corrected chi connectivity index (χ1v) is 7.36. The van der Waals surface area contributed by atoms with Crippen molar-refractivity contribution in [3.63, 3.8) is 0 Å². The lowest BCUT2D eigenvalue weighted by molar-refractivity contribution is 0.776. The molecule has 1 aromatic carbocycles. The van der Waals surface area contributed by atoms with E-state index in [1.54, 1.807) is 0 Å². The maximum absolute atomic E-state index is 4.71. The van der Waals surface area contributed by atoms with Gasteiger partial charge in [-0.1, -0.05) is 39.0 Å². The average molecular weight is 269 g/mol. The molecule has 3 nitrogen and oxygen atoms in total. The van der Waals surface area contributed by atoms with Gasteiger partial charge in [0.2, 0.25) is 0 Å². The molecule has 0 bridgehead atoms. The summed E-state index contributed by atoms with van der Waals surface area (Å²) in [4.78, 5) is 9.28. The minimum atomic E-state index is 0.321. The molecule has 2 rings (SSSR count). The Morgan fingerprint density at radius 3 is 2.55 bits per heavy atom. The Kier molecular flexibility index (Phi) is 4.72. The fraction of sp³-hybridized carbons (Fsp3) is 0.412. The van der Waals surface area contributed by atoms with Crippen LogP contribution >= 0.6 is 0 Å². The molecule has 0 saturated heterocycles. The van der Waals surface area contributed by atoms with Gasteiger partial charge in [0.25, 0.3) is 0 Å². The van der Waals surface area contributed by atoms with E-state index >= 15 is 0 Å². The van der Waals surface area contributed by atoms with E-state index in [1.165, 1.54) is 5.56 Å². The van der Waals surface area contributed by atoms with Gasteiger partial charge in [-0.05, 0) is 25.0 Å². The predicted octanol–water partition coefficient (Wildman–Crippen LogP) is 4.26. The number of aryl methyl sites for hydroxylation is 1. The summed E-state index contributed by atoms with van der Waals surface area (Å²) < 4.78 is 0. The second-order valence-electron chi connectivity index (χ2n) is 5.24. The molecule has 0 radical (unpaired) electrons. The zero-order valence-corrected chi connectivity index (χ0v) is 12.8. The van der Waals surface area contributed by atoms with Crippen molar-refractivity contribution in [1.29, 1.82) is 0 Å². The summed E-state index contributed by atoms with van der Waals surface area (Å²) in [7, 11) is 0. The zero-order chi connectivity index (χ0) is 14.5. The van der Waals surface area contributed by atoms with Crippen LogP contribution in [0.2, 0.25) is 0 Å². The molecular formula is C17H23N3. The van der Waals surface area contributed by atoms with Crippen LogP contribution in [0.15, 0.2) is 30.3 Å². The molecule has 0 aliphatic heterocycles. The molecule has 1 N–H and O–H groups in total. The Labute approximate surface area is 121 Å². The molecule has 2 aromatic rings. The van der Waals surface area contributed by atoms with Crippen molar-refractivity contribution in [2.24, 2.45) is 0 Å². The van der Waals surface area contributed by atoms with Crippen LogP contribution in [0.25, 0.3) is 11.3 Å². The van der Waals surface area contributed by atoms with Crippen molar-refractivity contribution in [3.8, 4) is 11.3 Å². The van der Waals surface area contributed by atoms with Crippen molar-refractivity contribution >= 4 is 5.82 Å². The molecule has 1 heterocycles. The van der Waals surface area contributed by atoms with Crippen LogP contribution in [0.3, 0.4) is 0 Å². The highest BCUT2D eigenvalue weighted by Crippen LogP contribution is 2.23. The molecule has 0 fully saturated rings. The number of benzene rings is 1. The maximum Gasteiger partial charge on any atom is 0.133 e. The Bertz CT molecular complexity index is 576. The van der Waals surface area contributed by atoms with Crippen LogP contribution in [0.5, 0.6) is 0 Å². The van der Waals surface area contributed by atoms with E-state index in [0.717, 1.165) is 35.9 Å². The highest BCUT2D eigenvalue weighted by atomic mass is 15.0. The van der Waals surface area contributed by atoms with Gasteiger partial charge in [-0.3, -0.25) is 0 Å². The minimum absolute atomic E-state index is 0.321. The number of hydrogen-bond donors (Lipinski definition) is 1. The molecule has 1 aromatic heterocycles. The van der Waals surface area contributed by atoms with Crippen LogP contribution < -0.4 is 5.32 Å². The molecule has 20 heavy (non-hydrogen) atoms. The van der Waals surface area contributed by atoms with Crippen LogP contribution in [-0.4, -0.2) is 16.5 Å². The van der Waals surface area contributed by atoms with Crippen molar-refractivity contribution in [2.45, 2.75) is 40.0 Å². The summed E-state index contributed by atoms with van der Waals surface area (Å²) in [6.07, 6.45) is 1.04. The normalized spacial score (nSPS) is 10.8. The largest absolute Gasteiger partial charge is 0.370 e. The van der Waals surface area contributed by atoms with Crippen LogP contribution in [0, 0.1) is 0 Å². The standard InChI is InChI=1S/C17H23N3/c1-5-13-8-7-9-14(10-13)15-11-16(18-6-2)20-17(19-15)12(3)4/h7-12H,5-6H2,1-4H3,(H,18,19,20). The molecule has 0 spiro atoms.